The molecule has 5 amide bonds. The maximum absolute atomic E-state index is 13.5. The van der Waals surface area contributed by atoms with Gasteiger partial charge < -0.3 is 35.4 Å². The predicted octanol–water partition coefficient (Wildman–Crippen LogP) is 0.700. The Labute approximate surface area is 232 Å². The van der Waals surface area contributed by atoms with Gasteiger partial charge >= 0.3 is 6.09 Å². The number of rotatable bonds is 11. The van der Waals surface area contributed by atoms with Gasteiger partial charge in [-0.05, 0) is 72.9 Å². The van der Waals surface area contributed by atoms with Crippen LogP contribution in [0.3, 0.4) is 0 Å². The standard InChI is InChI=1S/C27H48N6O6/c1-17(2)15-18(22(35)32(8)9)28-24(37)27(12-13-27)30-21(34)20-11-10-14-33(20)23(36)19(16-31(6)7)29-25(38)39-26(3,4)5/h17-20H,10-16H2,1-9H3,(H,28,37)(H,29,38)(H,30,34)/t18-,19-,20+/m0/s1. The first-order valence-corrected chi connectivity index (χ1v) is 13.7. The van der Waals surface area contributed by atoms with Crippen LogP contribution in [0.5, 0.6) is 0 Å². The molecule has 0 aromatic rings. The third-order valence-corrected chi connectivity index (χ3v) is 6.67. The highest BCUT2D eigenvalue weighted by molar-refractivity contribution is 5.99. The predicted molar refractivity (Wildman–Crippen MR) is 147 cm³/mol. The van der Waals surface area contributed by atoms with Crippen LogP contribution in [0.15, 0.2) is 0 Å². The van der Waals surface area contributed by atoms with Gasteiger partial charge in [0, 0.05) is 27.2 Å². The molecule has 0 spiro atoms. The largest absolute Gasteiger partial charge is 0.444 e. The molecule has 12 nitrogen and oxygen atoms in total. The van der Waals surface area contributed by atoms with E-state index in [1.165, 1.54) is 9.80 Å². The quantitative estimate of drug-likeness (QED) is 0.343. The van der Waals surface area contributed by atoms with E-state index in [0.29, 0.717) is 38.6 Å². The minimum atomic E-state index is -1.09. The number of hydrogen-bond acceptors (Lipinski definition) is 7. The van der Waals surface area contributed by atoms with Gasteiger partial charge in [0.05, 0.1) is 0 Å². The average Bonchev–Trinajstić information content (AvgIpc) is 3.39. The van der Waals surface area contributed by atoms with Gasteiger partial charge in [-0.1, -0.05) is 13.8 Å². The molecular weight excluding hydrogens is 504 g/mol. The Hall–Kier alpha value is -2.89. The second kappa shape index (κ2) is 13.0. The van der Waals surface area contributed by atoms with Gasteiger partial charge in [-0.25, -0.2) is 4.79 Å². The van der Waals surface area contributed by atoms with Crippen LogP contribution >= 0.6 is 0 Å². The monoisotopic (exact) mass is 552 g/mol. The van der Waals surface area contributed by atoms with E-state index < -0.39 is 41.3 Å². The van der Waals surface area contributed by atoms with Crippen molar-refractivity contribution in [1.29, 1.82) is 0 Å². The molecule has 2 aliphatic rings. The van der Waals surface area contributed by atoms with Crippen molar-refractivity contribution in [3.63, 3.8) is 0 Å². The molecule has 39 heavy (non-hydrogen) atoms. The zero-order chi connectivity index (χ0) is 29.7. The molecule has 0 aromatic carbocycles. The molecule has 0 aromatic heterocycles. The van der Waals surface area contributed by atoms with Gasteiger partial charge in [-0.3, -0.25) is 19.2 Å². The molecule has 1 aliphatic heterocycles. The highest BCUT2D eigenvalue weighted by Crippen LogP contribution is 2.36. The average molecular weight is 553 g/mol. The summed E-state index contributed by atoms with van der Waals surface area (Å²) >= 11 is 0. The first kappa shape index (κ1) is 32.3. The maximum Gasteiger partial charge on any atom is 0.408 e. The van der Waals surface area contributed by atoms with Crippen LogP contribution < -0.4 is 16.0 Å². The fourth-order valence-corrected chi connectivity index (χ4v) is 4.66. The second-order valence-electron chi connectivity index (χ2n) is 12.6. The van der Waals surface area contributed by atoms with Crippen LogP contribution in [0.4, 0.5) is 4.79 Å². The number of alkyl carbamates (subject to hydrolysis) is 1. The third kappa shape index (κ3) is 9.36. The van der Waals surface area contributed by atoms with E-state index in [1.807, 2.05) is 13.8 Å². The van der Waals surface area contributed by atoms with E-state index in [2.05, 4.69) is 16.0 Å². The first-order chi connectivity index (χ1) is 18.0. The van der Waals surface area contributed by atoms with E-state index >= 15 is 0 Å². The Morgan fingerprint density at radius 3 is 2.10 bits per heavy atom. The molecule has 12 heteroatoms. The Balaban J connectivity index is 2.11. The number of nitrogens with one attached hydrogen (secondary N) is 3. The lowest BCUT2D eigenvalue weighted by Crippen LogP contribution is -2.60. The highest BCUT2D eigenvalue weighted by atomic mass is 16.6. The Morgan fingerprint density at radius 1 is 1.00 bits per heavy atom. The minimum Gasteiger partial charge on any atom is -0.444 e. The lowest BCUT2D eigenvalue weighted by atomic mass is 10.0. The van der Waals surface area contributed by atoms with Crippen LogP contribution in [0.25, 0.3) is 0 Å². The molecule has 0 radical (unpaired) electrons. The van der Waals surface area contributed by atoms with E-state index in [-0.39, 0.29) is 30.2 Å². The van der Waals surface area contributed by atoms with Gasteiger partial charge in [-0.2, -0.15) is 0 Å². The van der Waals surface area contributed by atoms with E-state index in [0.717, 1.165) is 0 Å². The van der Waals surface area contributed by atoms with Crippen molar-refractivity contribution >= 4 is 29.7 Å². The van der Waals surface area contributed by atoms with Crippen molar-refractivity contribution in [3.8, 4) is 0 Å². The van der Waals surface area contributed by atoms with Crippen LogP contribution in [-0.4, -0.2) is 115 Å². The minimum absolute atomic E-state index is 0.186. The van der Waals surface area contributed by atoms with Gasteiger partial charge in [0.1, 0.15) is 29.3 Å². The Kier molecular flexibility index (Phi) is 10.8. The molecule has 1 aliphatic carbocycles. The summed E-state index contributed by atoms with van der Waals surface area (Å²) in [4.78, 5) is 69.9. The summed E-state index contributed by atoms with van der Waals surface area (Å²) in [7, 11) is 6.86. The van der Waals surface area contributed by atoms with Crippen LogP contribution in [0.2, 0.25) is 0 Å². The SMILES string of the molecule is CC(C)C[C@H](NC(=O)C1(NC(=O)[C@H]2CCCN2C(=O)[C@H](CN(C)C)NC(=O)OC(C)(C)C)CC1)C(=O)N(C)C. The van der Waals surface area contributed by atoms with Crippen molar-refractivity contribution < 1.29 is 28.7 Å². The lowest BCUT2D eigenvalue weighted by Gasteiger charge is -2.31. The molecule has 3 atom stereocenters. The first-order valence-electron chi connectivity index (χ1n) is 13.7. The molecule has 1 saturated carbocycles. The van der Waals surface area contributed by atoms with Crippen LogP contribution in [-0.2, 0) is 23.9 Å². The number of nitrogens with zero attached hydrogens (tertiary/aromatic N) is 3. The zero-order valence-corrected chi connectivity index (χ0v) is 25.1. The van der Waals surface area contributed by atoms with Gasteiger partial charge in [-0.15, -0.1) is 0 Å². The summed E-state index contributed by atoms with van der Waals surface area (Å²) in [6.45, 7) is 9.76. The van der Waals surface area contributed by atoms with Crippen molar-refractivity contribution in [2.24, 2.45) is 5.92 Å². The molecule has 1 saturated heterocycles. The Bertz CT molecular complexity index is 924. The van der Waals surface area contributed by atoms with Crippen molar-refractivity contribution in [1.82, 2.24) is 30.7 Å². The fourth-order valence-electron chi connectivity index (χ4n) is 4.66. The summed E-state index contributed by atoms with van der Waals surface area (Å²) in [5.74, 6) is -1.18. The normalized spacial score (nSPS) is 19.8. The number of likely N-dealkylation sites (N-methyl/N-ethyl adjacent to an activating group) is 2. The van der Waals surface area contributed by atoms with Crippen molar-refractivity contribution in [2.75, 3.05) is 41.3 Å². The van der Waals surface area contributed by atoms with E-state index in [9.17, 15) is 24.0 Å². The zero-order valence-electron chi connectivity index (χ0n) is 25.1. The van der Waals surface area contributed by atoms with Crippen LogP contribution in [0.1, 0.15) is 66.7 Å². The number of likely N-dealkylation sites (tertiary alicyclic amines) is 1. The third-order valence-electron chi connectivity index (χ3n) is 6.67. The molecule has 0 bridgehead atoms. The molecule has 222 valence electrons. The van der Waals surface area contributed by atoms with E-state index in [1.54, 1.807) is 53.9 Å². The van der Waals surface area contributed by atoms with Crippen molar-refractivity contribution in [2.45, 2.75) is 96.0 Å². The lowest BCUT2D eigenvalue weighted by molar-refractivity contribution is -0.141. The fraction of sp³-hybridized carbons (Fsp3) is 0.815. The summed E-state index contributed by atoms with van der Waals surface area (Å²) in [6.07, 6.45) is 1.76. The topological polar surface area (TPSA) is 140 Å². The summed E-state index contributed by atoms with van der Waals surface area (Å²) in [5.41, 5.74) is -1.82. The smallest absolute Gasteiger partial charge is 0.408 e. The number of amides is 5. The number of carbonyl (C=O) groups excluding carboxylic acids is 5. The number of ether oxygens (including phenoxy) is 1. The summed E-state index contributed by atoms with van der Waals surface area (Å²) in [5, 5.41) is 8.38. The number of hydrogen-bond donors (Lipinski definition) is 3. The highest BCUT2D eigenvalue weighted by Gasteiger charge is 2.53. The molecular formula is C27H48N6O6. The summed E-state index contributed by atoms with van der Waals surface area (Å²) < 4.78 is 5.33. The maximum atomic E-state index is 13.5. The van der Waals surface area contributed by atoms with Gasteiger partial charge in [0.2, 0.25) is 23.6 Å². The van der Waals surface area contributed by atoms with Gasteiger partial charge in [0.15, 0.2) is 0 Å². The van der Waals surface area contributed by atoms with Crippen LogP contribution in [0, 0.1) is 5.92 Å². The molecule has 2 rings (SSSR count). The molecule has 3 N–H and O–H groups in total. The summed E-state index contributed by atoms with van der Waals surface area (Å²) in [6, 6.07) is -2.35. The van der Waals surface area contributed by atoms with E-state index in [4.69, 9.17) is 4.74 Å². The van der Waals surface area contributed by atoms with Crippen molar-refractivity contribution in [3.05, 3.63) is 0 Å². The van der Waals surface area contributed by atoms with Gasteiger partial charge in [0.25, 0.3) is 0 Å². The number of carbonyl (C=O) groups is 5. The molecule has 1 heterocycles. The molecule has 2 fully saturated rings. The molecule has 0 unspecified atom stereocenters. The Morgan fingerprint density at radius 2 is 1.62 bits per heavy atom. The second-order valence-corrected chi connectivity index (χ2v) is 12.6.